The third-order valence-corrected chi connectivity index (χ3v) is 2.65. The van der Waals surface area contributed by atoms with E-state index in [1.807, 2.05) is 6.08 Å². The molecule has 0 bridgehead atoms. The van der Waals surface area contributed by atoms with Crippen molar-refractivity contribution in [3.63, 3.8) is 0 Å². The number of rotatable bonds is 0. The van der Waals surface area contributed by atoms with E-state index in [0.29, 0.717) is 17.5 Å². The molecule has 1 aromatic carbocycles. The van der Waals surface area contributed by atoms with Gasteiger partial charge in [-0.1, -0.05) is 22.0 Å². The van der Waals surface area contributed by atoms with Crippen LogP contribution in [0.3, 0.4) is 0 Å². The van der Waals surface area contributed by atoms with Crippen molar-refractivity contribution in [3.05, 3.63) is 41.0 Å². The van der Waals surface area contributed by atoms with Crippen LogP contribution in [-0.4, -0.2) is 0 Å². The van der Waals surface area contributed by atoms with Gasteiger partial charge in [0.05, 0.1) is 0 Å². The molecule has 0 aliphatic heterocycles. The highest BCUT2D eigenvalue weighted by Crippen LogP contribution is 2.33. The van der Waals surface area contributed by atoms with Crippen LogP contribution in [0.5, 0.6) is 0 Å². The average Bonchev–Trinajstić information content (AvgIpc) is 2.33. The maximum absolute atomic E-state index is 13.0. The van der Waals surface area contributed by atoms with E-state index in [1.165, 1.54) is 6.07 Å². The Morgan fingerprint density at radius 3 is 2.75 bits per heavy atom. The van der Waals surface area contributed by atoms with Crippen molar-refractivity contribution < 1.29 is 8.78 Å². The topological polar surface area (TPSA) is 0 Å². The van der Waals surface area contributed by atoms with Gasteiger partial charge in [-0.05, 0) is 18.1 Å². The number of halogens is 3. The molecule has 3 heteroatoms. The van der Waals surface area contributed by atoms with Crippen molar-refractivity contribution in [2.75, 3.05) is 0 Å². The van der Waals surface area contributed by atoms with Gasteiger partial charge in [-0.15, -0.1) is 0 Å². The van der Waals surface area contributed by atoms with Crippen LogP contribution in [-0.2, 0) is 6.42 Å². The van der Waals surface area contributed by atoms with E-state index in [2.05, 4.69) is 15.9 Å². The van der Waals surface area contributed by atoms with Crippen molar-refractivity contribution in [1.82, 2.24) is 0 Å². The lowest BCUT2D eigenvalue weighted by Crippen LogP contribution is -1.90. The van der Waals surface area contributed by atoms with Crippen LogP contribution in [0, 0.1) is 11.6 Å². The van der Waals surface area contributed by atoms with Crippen LogP contribution in [0.15, 0.2) is 18.2 Å². The molecule has 0 spiro atoms. The summed E-state index contributed by atoms with van der Waals surface area (Å²) in [7, 11) is 0. The molecule has 2 rings (SSSR count). The highest BCUT2D eigenvalue weighted by molar-refractivity contribution is 9.15. The zero-order valence-corrected chi connectivity index (χ0v) is 7.66. The van der Waals surface area contributed by atoms with Crippen LogP contribution in [0.4, 0.5) is 8.78 Å². The van der Waals surface area contributed by atoms with Gasteiger partial charge < -0.3 is 0 Å². The summed E-state index contributed by atoms with van der Waals surface area (Å²) >= 11 is 3.23. The van der Waals surface area contributed by atoms with E-state index in [-0.39, 0.29) is 0 Å². The van der Waals surface area contributed by atoms with Gasteiger partial charge in [0.15, 0.2) is 0 Å². The largest absolute Gasteiger partial charge is 0.207 e. The second kappa shape index (κ2) is 2.66. The molecule has 0 nitrogen and oxygen atoms in total. The minimum absolute atomic E-state index is 0.462. The average molecular weight is 231 g/mol. The monoisotopic (exact) mass is 230 g/mol. The zero-order chi connectivity index (χ0) is 8.72. The second-order valence-electron chi connectivity index (χ2n) is 2.67. The fourth-order valence-corrected chi connectivity index (χ4v) is 1.84. The normalized spacial score (nSPS) is 14.4. The molecule has 0 fully saturated rings. The molecular weight excluding hydrogens is 226 g/mol. The molecule has 12 heavy (non-hydrogen) atoms. The Balaban J connectivity index is 2.67. The summed E-state index contributed by atoms with van der Waals surface area (Å²) in [6.45, 7) is 0. The third-order valence-electron chi connectivity index (χ3n) is 1.90. The fraction of sp³-hybridized carbons (Fsp3) is 0.111. The van der Waals surface area contributed by atoms with Gasteiger partial charge in [0.25, 0.3) is 0 Å². The first kappa shape index (κ1) is 7.92. The Labute approximate surface area is 77.0 Å². The maximum atomic E-state index is 13.0. The molecule has 0 radical (unpaired) electrons. The maximum Gasteiger partial charge on any atom is 0.130 e. The number of benzene rings is 1. The lowest BCUT2D eigenvalue weighted by atomic mass is 10.1. The van der Waals surface area contributed by atoms with E-state index in [0.717, 1.165) is 10.5 Å². The van der Waals surface area contributed by atoms with Gasteiger partial charge in [-0.25, -0.2) is 8.78 Å². The predicted octanol–water partition coefficient (Wildman–Crippen LogP) is 3.26. The van der Waals surface area contributed by atoms with E-state index >= 15 is 0 Å². The Morgan fingerprint density at radius 1 is 1.25 bits per heavy atom. The van der Waals surface area contributed by atoms with Crippen LogP contribution >= 0.6 is 15.9 Å². The van der Waals surface area contributed by atoms with Gasteiger partial charge in [0.2, 0.25) is 0 Å². The number of hydrogen-bond donors (Lipinski definition) is 0. The summed E-state index contributed by atoms with van der Waals surface area (Å²) in [6.07, 6.45) is 2.37. The van der Waals surface area contributed by atoms with Gasteiger partial charge in [-0.2, -0.15) is 0 Å². The SMILES string of the molecule is Fc1cc(F)c2c(c1)C(Br)=CC2. The Hall–Kier alpha value is -0.700. The minimum Gasteiger partial charge on any atom is -0.207 e. The standard InChI is InChI=1S/C9H5BrF2/c10-8-2-1-6-7(8)3-5(11)4-9(6)12/h2-4H,1H2. The lowest BCUT2D eigenvalue weighted by molar-refractivity contribution is 0.575. The molecule has 0 unspecified atom stereocenters. The first-order chi connectivity index (χ1) is 5.68. The zero-order valence-electron chi connectivity index (χ0n) is 6.07. The molecule has 1 aliphatic carbocycles. The second-order valence-corrected chi connectivity index (χ2v) is 3.52. The molecule has 1 aromatic rings. The molecule has 0 N–H and O–H groups in total. The summed E-state index contributed by atoms with van der Waals surface area (Å²) < 4.78 is 26.5. The van der Waals surface area contributed by atoms with Gasteiger partial charge >= 0.3 is 0 Å². The Bertz CT molecular complexity index is 369. The van der Waals surface area contributed by atoms with E-state index in [9.17, 15) is 8.78 Å². The summed E-state index contributed by atoms with van der Waals surface area (Å²) in [5.74, 6) is -0.991. The Kier molecular flexibility index (Phi) is 1.76. The van der Waals surface area contributed by atoms with Crippen LogP contribution < -0.4 is 0 Å². The molecule has 1 aliphatic rings. The number of hydrogen-bond acceptors (Lipinski definition) is 0. The van der Waals surface area contributed by atoms with Crippen LogP contribution in [0.1, 0.15) is 11.1 Å². The first-order valence-corrected chi connectivity index (χ1v) is 4.32. The third kappa shape index (κ3) is 1.08. The molecule has 0 atom stereocenters. The Morgan fingerprint density at radius 2 is 2.00 bits per heavy atom. The van der Waals surface area contributed by atoms with Crippen LogP contribution in [0.2, 0.25) is 0 Å². The minimum atomic E-state index is -0.529. The van der Waals surface area contributed by atoms with Crippen molar-refractivity contribution in [2.45, 2.75) is 6.42 Å². The molecule has 0 saturated carbocycles. The summed E-state index contributed by atoms with van der Waals surface area (Å²) in [6, 6.07) is 2.25. The van der Waals surface area contributed by atoms with E-state index in [1.54, 1.807) is 0 Å². The number of allylic oxidation sites excluding steroid dienone is 1. The van der Waals surface area contributed by atoms with Crippen molar-refractivity contribution in [2.24, 2.45) is 0 Å². The molecule has 0 aromatic heterocycles. The van der Waals surface area contributed by atoms with Gasteiger partial charge in [-0.3, -0.25) is 0 Å². The van der Waals surface area contributed by atoms with Gasteiger partial charge in [0.1, 0.15) is 11.6 Å². The van der Waals surface area contributed by atoms with Crippen molar-refractivity contribution in [3.8, 4) is 0 Å². The molecule has 0 amide bonds. The summed E-state index contributed by atoms with van der Waals surface area (Å²) in [5.41, 5.74) is 1.20. The summed E-state index contributed by atoms with van der Waals surface area (Å²) in [5, 5.41) is 0. The lowest BCUT2D eigenvalue weighted by Gasteiger charge is -2.01. The summed E-state index contributed by atoms with van der Waals surface area (Å²) in [4.78, 5) is 0. The molecule has 62 valence electrons. The first-order valence-electron chi connectivity index (χ1n) is 3.52. The molecule has 0 heterocycles. The van der Waals surface area contributed by atoms with Gasteiger partial charge in [0, 0.05) is 16.1 Å². The van der Waals surface area contributed by atoms with E-state index < -0.39 is 11.6 Å². The van der Waals surface area contributed by atoms with Crippen molar-refractivity contribution in [1.29, 1.82) is 0 Å². The predicted molar refractivity (Wildman–Crippen MR) is 47.0 cm³/mol. The molecular formula is C9H5BrF2. The van der Waals surface area contributed by atoms with Crippen molar-refractivity contribution >= 4 is 20.4 Å². The highest BCUT2D eigenvalue weighted by Gasteiger charge is 2.16. The molecule has 0 saturated heterocycles. The van der Waals surface area contributed by atoms with E-state index in [4.69, 9.17) is 0 Å². The smallest absolute Gasteiger partial charge is 0.130 e. The quantitative estimate of drug-likeness (QED) is 0.642. The van der Waals surface area contributed by atoms with Crippen LogP contribution in [0.25, 0.3) is 4.48 Å². The number of fused-ring (bicyclic) bond motifs is 1. The fourth-order valence-electron chi connectivity index (χ4n) is 1.33. The highest BCUT2D eigenvalue weighted by atomic mass is 79.9.